The number of carbonyl (C=O) groups is 1. The molecule has 6 heteroatoms. The lowest BCUT2D eigenvalue weighted by Gasteiger charge is -2.42. The van der Waals surface area contributed by atoms with E-state index >= 15 is 0 Å². The smallest absolute Gasteiger partial charge is 0.266 e. The fraction of sp³-hybridized carbons (Fsp3) is 0.364. The van der Waals surface area contributed by atoms with Crippen LogP contribution >= 0.6 is 12.4 Å². The van der Waals surface area contributed by atoms with E-state index < -0.39 is 6.10 Å². The van der Waals surface area contributed by atoms with E-state index in [9.17, 15) is 4.79 Å². The molecular formula is C22H26ClN3O2. The molecule has 5 nitrogen and oxygen atoms in total. The number of oxime groups is 1. The molecule has 2 aliphatic heterocycles. The highest BCUT2D eigenvalue weighted by atomic mass is 35.5. The average Bonchev–Trinajstić information content (AvgIpc) is 3.25. The van der Waals surface area contributed by atoms with Gasteiger partial charge >= 0.3 is 0 Å². The Labute approximate surface area is 172 Å². The van der Waals surface area contributed by atoms with Crippen LogP contribution in [-0.4, -0.2) is 42.3 Å². The largest absolute Gasteiger partial charge is 0.382 e. The Hall–Kier alpha value is -2.37. The number of nitrogens with zero attached hydrogens (tertiary/aromatic N) is 2. The van der Waals surface area contributed by atoms with Crippen molar-refractivity contribution >= 4 is 24.0 Å². The molecule has 0 unspecified atom stereocenters. The molecule has 0 saturated carbocycles. The van der Waals surface area contributed by atoms with Crippen molar-refractivity contribution in [2.24, 2.45) is 10.9 Å². The molecule has 2 aromatic rings. The van der Waals surface area contributed by atoms with Gasteiger partial charge in [0.15, 0.2) is 0 Å². The summed E-state index contributed by atoms with van der Waals surface area (Å²) in [6.45, 7) is 2.00. The molecular weight excluding hydrogens is 374 g/mol. The summed E-state index contributed by atoms with van der Waals surface area (Å²) in [4.78, 5) is 20.3. The Balaban J connectivity index is 0.00000225. The van der Waals surface area contributed by atoms with Gasteiger partial charge in [-0.05, 0) is 24.0 Å². The van der Waals surface area contributed by atoms with Gasteiger partial charge in [-0.25, -0.2) is 0 Å². The fourth-order valence-electron chi connectivity index (χ4n) is 4.07. The van der Waals surface area contributed by atoms with Gasteiger partial charge in [-0.1, -0.05) is 65.8 Å². The molecule has 0 spiro atoms. The Kier molecular flexibility index (Phi) is 6.37. The molecule has 0 aromatic heterocycles. The predicted molar refractivity (Wildman–Crippen MR) is 113 cm³/mol. The van der Waals surface area contributed by atoms with Crippen LogP contribution in [0.5, 0.6) is 0 Å². The van der Waals surface area contributed by atoms with Gasteiger partial charge in [0.25, 0.3) is 5.91 Å². The van der Waals surface area contributed by atoms with Crippen molar-refractivity contribution < 1.29 is 9.63 Å². The highest BCUT2D eigenvalue weighted by Gasteiger charge is 2.39. The molecule has 0 bridgehead atoms. The number of piperidine rings is 1. The molecule has 1 atom stereocenters. The molecule has 1 fully saturated rings. The monoisotopic (exact) mass is 399 g/mol. The van der Waals surface area contributed by atoms with Crippen LogP contribution in [0.1, 0.15) is 30.4 Å². The summed E-state index contributed by atoms with van der Waals surface area (Å²) < 4.78 is 0. The maximum Gasteiger partial charge on any atom is 0.266 e. The van der Waals surface area contributed by atoms with Crippen LogP contribution < -0.4 is 5.73 Å². The minimum atomic E-state index is -0.512. The summed E-state index contributed by atoms with van der Waals surface area (Å²) >= 11 is 0. The average molecular weight is 400 g/mol. The van der Waals surface area contributed by atoms with Gasteiger partial charge in [-0.15, -0.1) is 12.4 Å². The van der Waals surface area contributed by atoms with Crippen LogP contribution in [0, 0.1) is 0 Å². The topological polar surface area (TPSA) is 67.9 Å². The van der Waals surface area contributed by atoms with Crippen molar-refractivity contribution in [3.63, 3.8) is 0 Å². The molecule has 4 rings (SSSR count). The van der Waals surface area contributed by atoms with Gasteiger partial charge < -0.3 is 15.5 Å². The minimum absolute atomic E-state index is 0. The van der Waals surface area contributed by atoms with Gasteiger partial charge in [0, 0.05) is 31.5 Å². The third-order valence-electron chi connectivity index (χ3n) is 5.86. The molecule has 0 aliphatic carbocycles. The van der Waals surface area contributed by atoms with Crippen LogP contribution in [-0.2, 0) is 15.0 Å². The maximum atomic E-state index is 12.9. The third-order valence-corrected chi connectivity index (χ3v) is 5.86. The quantitative estimate of drug-likeness (QED) is 0.858. The third kappa shape index (κ3) is 3.91. The Morgan fingerprint density at radius 1 is 1.07 bits per heavy atom. The van der Waals surface area contributed by atoms with Gasteiger partial charge in [-0.3, -0.25) is 4.79 Å². The number of hydrogen-bond donors (Lipinski definition) is 1. The number of amides is 1. The number of benzene rings is 2. The second kappa shape index (κ2) is 8.76. The number of likely N-dealkylation sites (tertiary alicyclic amines) is 1. The zero-order chi connectivity index (χ0) is 18.7. The normalized spacial score (nSPS) is 20.7. The van der Waals surface area contributed by atoms with Gasteiger partial charge in [-0.2, -0.15) is 0 Å². The van der Waals surface area contributed by atoms with Gasteiger partial charge in [0.05, 0.1) is 5.71 Å². The summed E-state index contributed by atoms with van der Waals surface area (Å²) in [7, 11) is 0. The summed E-state index contributed by atoms with van der Waals surface area (Å²) in [6, 6.07) is 20.3. The lowest BCUT2D eigenvalue weighted by molar-refractivity contribution is -0.143. The van der Waals surface area contributed by atoms with E-state index in [1.54, 1.807) is 0 Å². The van der Waals surface area contributed by atoms with Crippen LogP contribution in [0.2, 0.25) is 0 Å². The number of hydrogen-bond acceptors (Lipinski definition) is 4. The van der Waals surface area contributed by atoms with Crippen molar-refractivity contribution in [2.45, 2.75) is 30.8 Å². The van der Waals surface area contributed by atoms with Crippen molar-refractivity contribution in [2.75, 3.05) is 19.6 Å². The molecule has 28 heavy (non-hydrogen) atoms. The molecule has 0 radical (unpaired) electrons. The van der Waals surface area contributed by atoms with Crippen LogP contribution in [0.3, 0.4) is 0 Å². The van der Waals surface area contributed by atoms with Crippen molar-refractivity contribution in [1.82, 2.24) is 4.90 Å². The molecule has 148 valence electrons. The van der Waals surface area contributed by atoms with Crippen LogP contribution in [0.4, 0.5) is 0 Å². The van der Waals surface area contributed by atoms with E-state index in [1.807, 2.05) is 41.3 Å². The van der Waals surface area contributed by atoms with Crippen LogP contribution in [0.15, 0.2) is 65.8 Å². The van der Waals surface area contributed by atoms with E-state index in [4.69, 9.17) is 10.6 Å². The first-order valence-electron chi connectivity index (χ1n) is 9.54. The minimum Gasteiger partial charge on any atom is -0.382 e. The number of halogens is 1. The maximum absolute atomic E-state index is 12.9. The van der Waals surface area contributed by atoms with Crippen molar-refractivity contribution in [3.05, 3.63) is 71.8 Å². The zero-order valence-corrected chi connectivity index (χ0v) is 16.6. The van der Waals surface area contributed by atoms with E-state index in [0.717, 1.165) is 24.1 Å². The highest BCUT2D eigenvalue weighted by molar-refractivity contribution is 6.04. The summed E-state index contributed by atoms with van der Waals surface area (Å²) in [6.07, 6.45) is 1.76. The molecule has 2 heterocycles. The van der Waals surface area contributed by atoms with E-state index in [2.05, 4.69) is 29.4 Å². The van der Waals surface area contributed by atoms with E-state index in [1.165, 1.54) is 5.56 Å². The molecule has 2 aromatic carbocycles. The molecule has 1 amide bonds. The number of nitrogens with two attached hydrogens (primary N) is 1. The summed E-state index contributed by atoms with van der Waals surface area (Å²) in [5.74, 6) is 0.0309. The van der Waals surface area contributed by atoms with E-state index in [-0.39, 0.29) is 23.7 Å². The first kappa shape index (κ1) is 20.4. The van der Waals surface area contributed by atoms with Gasteiger partial charge in [0.1, 0.15) is 0 Å². The predicted octanol–water partition coefficient (Wildman–Crippen LogP) is 3.12. The Bertz CT molecular complexity index is 818. The summed E-state index contributed by atoms with van der Waals surface area (Å²) in [5.41, 5.74) is 9.23. The molecule has 2 aliphatic rings. The SMILES string of the molecule is Cl.NCC1(c2ccccc2)CCN(C(=O)[C@@H]2CC(c3ccccc3)=NO2)CC1. The van der Waals surface area contributed by atoms with Crippen molar-refractivity contribution in [1.29, 1.82) is 0 Å². The first-order chi connectivity index (χ1) is 13.2. The highest BCUT2D eigenvalue weighted by Crippen LogP contribution is 2.35. The first-order valence-corrected chi connectivity index (χ1v) is 9.54. The van der Waals surface area contributed by atoms with Gasteiger partial charge in [0.2, 0.25) is 6.10 Å². The fourth-order valence-corrected chi connectivity index (χ4v) is 4.07. The van der Waals surface area contributed by atoms with E-state index in [0.29, 0.717) is 26.1 Å². The zero-order valence-electron chi connectivity index (χ0n) is 15.8. The van der Waals surface area contributed by atoms with Crippen LogP contribution in [0.25, 0.3) is 0 Å². The molecule has 1 saturated heterocycles. The standard InChI is InChI=1S/C22H25N3O2.ClH/c23-16-22(18-9-5-2-6-10-18)11-13-25(14-12-22)21(26)20-15-19(24-27-20)17-7-3-1-4-8-17;/h1-10,20H,11-16,23H2;1H/t20-;/m0./s1. The lowest BCUT2D eigenvalue weighted by Crippen LogP contribution is -2.50. The second-order valence-corrected chi connectivity index (χ2v) is 7.38. The Morgan fingerprint density at radius 2 is 1.68 bits per heavy atom. The lowest BCUT2D eigenvalue weighted by atomic mass is 9.73. The summed E-state index contributed by atoms with van der Waals surface area (Å²) in [5, 5.41) is 4.14. The van der Waals surface area contributed by atoms with Crippen molar-refractivity contribution in [3.8, 4) is 0 Å². The second-order valence-electron chi connectivity index (χ2n) is 7.38. The number of carbonyl (C=O) groups excluding carboxylic acids is 1. The number of rotatable bonds is 4. The molecule has 2 N–H and O–H groups in total. The Morgan fingerprint density at radius 3 is 2.29 bits per heavy atom.